The standard InChI is InChI=1S/C36H61N5O6/c1-44-18-9-21-46-19-7-14-35(42)27-24-28(36(43)15-8-20-47-23-22-45-2)34-26-40-32-13-6-4-11-30(32)38-17-16-37-29-10-3-5-12-31(29)39-25-33(27)41-34/h24,29-32,37-40H,3-23,25-26H2,1-2H3/t29-,30-,31-,32-/m1/s1. The predicted molar refractivity (Wildman–Crippen MR) is 183 cm³/mol. The fourth-order valence-electron chi connectivity index (χ4n) is 7.15. The zero-order valence-electron chi connectivity index (χ0n) is 29.0. The molecule has 2 fully saturated rings. The van der Waals surface area contributed by atoms with E-state index < -0.39 is 0 Å². The van der Waals surface area contributed by atoms with Crippen molar-refractivity contribution in [3.63, 3.8) is 0 Å². The van der Waals surface area contributed by atoms with Crippen LogP contribution >= 0.6 is 0 Å². The van der Waals surface area contributed by atoms with Gasteiger partial charge in [0.2, 0.25) is 0 Å². The van der Waals surface area contributed by atoms with Crippen molar-refractivity contribution < 1.29 is 28.5 Å². The van der Waals surface area contributed by atoms with Gasteiger partial charge in [0, 0.05) is 115 Å². The number of carbonyl (C=O) groups excluding carboxylic acids is 2. The molecule has 0 radical (unpaired) electrons. The first-order valence-electron chi connectivity index (χ1n) is 18.3. The summed E-state index contributed by atoms with van der Waals surface area (Å²) in [5.74, 6) is 0.0199. The van der Waals surface area contributed by atoms with Gasteiger partial charge in [-0.05, 0) is 51.0 Å². The second-order valence-electron chi connectivity index (χ2n) is 13.3. The summed E-state index contributed by atoms with van der Waals surface area (Å²) in [4.78, 5) is 32.7. The minimum atomic E-state index is 0.00690. The molecule has 0 spiro atoms. The first kappa shape index (κ1) is 38.0. The Morgan fingerprint density at radius 2 is 1.06 bits per heavy atom. The summed E-state index contributed by atoms with van der Waals surface area (Å²) in [6, 6.07) is 3.24. The molecule has 0 unspecified atom stereocenters. The number of nitrogens with zero attached hydrogens (tertiary/aromatic N) is 1. The molecular formula is C36H61N5O6. The Hall–Kier alpha value is -1.83. The van der Waals surface area contributed by atoms with Crippen LogP contribution in [0.15, 0.2) is 6.07 Å². The summed E-state index contributed by atoms with van der Waals surface area (Å²) in [5.41, 5.74) is 2.59. The molecule has 2 saturated carbocycles. The van der Waals surface area contributed by atoms with Gasteiger partial charge in [-0.1, -0.05) is 25.7 Å². The number of hydrogen-bond donors (Lipinski definition) is 4. The van der Waals surface area contributed by atoms with Gasteiger partial charge in [-0.3, -0.25) is 14.6 Å². The summed E-state index contributed by atoms with van der Waals surface area (Å²) in [6.07, 6.45) is 12.1. The van der Waals surface area contributed by atoms with Crippen LogP contribution in [-0.2, 0) is 32.0 Å². The Morgan fingerprint density at radius 1 is 0.617 bits per heavy atom. The van der Waals surface area contributed by atoms with E-state index in [1.54, 1.807) is 14.2 Å². The van der Waals surface area contributed by atoms with Crippen molar-refractivity contribution in [2.45, 2.75) is 121 Å². The maximum absolute atomic E-state index is 13.8. The average molecular weight is 660 g/mol. The van der Waals surface area contributed by atoms with Crippen LogP contribution in [0.5, 0.6) is 0 Å². The minimum absolute atomic E-state index is 0.00690. The molecule has 266 valence electrons. The molecule has 4 N–H and O–H groups in total. The zero-order chi connectivity index (χ0) is 33.1. The Labute approximate surface area is 282 Å². The average Bonchev–Trinajstić information content (AvgIpc) is 3.10. The van der Waals surface area contributed by atoms with E-state index in [9.17, 15) is 9.59 Å². The molecule has 1 aliphatic heterocycles. The molecule has 2 bridgehead atoms. The van der Waals surface area contributed by atoms with Crippen LogP contribution in [0.25, 0.3) is 0 Å². The second-order valence-corrected chi connectivity index (χ2v) is 13.3. The fourth-order valence-corrected chi connectivity index (χ4v) is 7.15. The van der Waals surface area contributed by atoms with Crippen LogP contribution in [-0.4, -0.2) is 108 Å². The Morgan fingerprint density at radius 3 is 1.55 bits per heavy atom. The van der Waals surface area contributed by atoms with Gasteiger partial charge in [0.1, 0.15) is 0 Å². The monoisotopic (exact) mass is 659 g/mol. The second kappa shape index (κ2) is 22.0. The number of rotatable bonds is 17. The van der Waals surface area contributed by atoms with Gasteiger partial charge in [-0.15, -0.1) is 0 Å². The number of methoxy groups -OCH3 is 2. The lowest BCUT2D eigenvalue weighted by molar-refractivity contribution is 0.0670. The molecule has 0 saturated heterocycles. The lowest BCUT2D eigenvalue weighted by Crippen LogP contribution is -2.53. The Kier molecular flexibility index (Phi) is 17.8. The molecule has 0 aromatic carbocycles. The number of hydrogen-bond acceptors (Lipinski definition) is 11. The number of Topliss-reactive ketones (excluding diaryl/α,β-unsaturated/α-hetero) is 2. The number of nitrogens with one attached hydrogen (secondary N) is 4. The van der Waals surface area contributed by atoms with Crippen molar-refractivity contribution in [3.05, 3.63) is 28.6 Å². The molecule has 3 aliphatic rings. The highest BCUT2D eigenvalue weighted by atomic mass is 16.5. The van der Waals surface area contributed by atoms with E-state index in [4.69, 9.17) is 23.9 Å². The predicted octanol–water partition coefficient (Wildman–Crippen LogP) is 3.72. The summed E-state index contributed by atoms with van der Waals surface area (Å²) in [6.45, 7) is 6.17. The summed E-state index contributed by atoms with van der Waals surface area (Å²) in [5, 5.41) is 15.2. The highest BCUT2D eigenvalue weighted by molar-refractivity contribution is 6.02. The topological polar surface area (TPSA) is 132 Å². The smallest absolute Gasteiger partial charge is 0.164 e. The van der Waals surface area contributed by atoms with E-state index in [0.717, 1.165) is 56.6 Å². The molecule has 2 heterocycles. The van der Waals surface area contributed by atoms with Crippen molar-refractivity contribution in [1.82, 2.24) is 26.3 Å². The molecule has 4 atom stereocenters. The van der Waals surface area contributed by atoms with Crippen LogP contribution in [0.4, 0.5) is 0 Å². The van der Waals surface area contributed by atoms with E-state index in [2.05, 4.69) is 21.3 Å². The van der Waals surface area contributed by atoms with E-state index in [0.29, 0.717) is 114 Å². The maximum Gasteiger partial charge on any atom is 0.164 e. The normalized spacial score (nSPS) is 24.0. The van der Waals surface area contributed by atoms with Crippen molar-refractivity contribution >= 4 is 11.6 Å². The SMILES string of the molecule is COCCCOCCCC(=O)c1cc(C(=O)CCCOCCOC)c2nc1CN[C@@H]1CCCC[C@H]1NCCN[C@@H]1CCCC[C@H]1NC2. The van der Waals surface area contributed by atoms with Gasteiger partial charge in [0.25, 0.3) is 0 Å². The highest BCUT2D eigenvalue weighted by Gasteiger charge is 2.29. The fraction of sp³-hybridized carbons (Fsp3) is 0.806. The number of ketones is 2. The molecule has 2 aliphatic carbocycles. The summed E-state index contributed by atoms with van der Waals surface area (Å²) in [7, 11) is 3.33. The lowest BCUT2D eigenvalue weighted by atomic mass is 9.89. The van der Waals surface area contributed by atoms with Gasteiger partial charge < -0.3 is 40.2 Å². The number of pyridine rings is 1. The molecular weight excluding hydrogens is 598 g/mol. The third-order valence-electron chi connectivity index (χ3n) is 9.77. The summed E-state index contributed by atoms with van der Waals surface area (Å²) < 4.78 is 21.5. The molecule has 47 heavy (non-hydrogen) atoms. The zero-order valence-corrected chi connectivity index (χ0v) is 29.0. The lowest BCUT2D eigenvalue weighted by Gasteiger charge is -2.34. The first-order valence-corrected chi connectivity index (χ1v) is 18.3. The molecule has 1 aromatic heterocycles. The molecule has 11 nitrogen and oxygen atoms in total. The van der Waals surface area contributed by atoms with E-state index in [1.807, 2.05) is 6.07 Å². The number of fused-ring (bicyclic) bond motifs is 4. The Balaban J connectivity index is 1.57. The quantitative estimate of drug-likeness (QED) is 0.144. The largest absolute Gasteiger partial charge is 0.385 e. The van der Waals surface area contributed by atoms with Crippen molar-refractivity contribution in [2.75, 3.05) is 67.0 Å². The molecule has 0 amide bonds. The third-order valence-corrected chi connectivity index (χ3v) is 9.77. The molecule has 1 aromatic rings. The van der Waals surface area contributed by atoms with Crippen LogP contribution in [0.2, 0.25) is 0 Å². The van der Waals surface area contributed by atoms with Gasteiger partial charge in [-0.25, -0.2) is 0 Å². The molecule has 4 rings (SSSR count). The van der Waals surface area contributed by atoms with Crippen LogP contribution in [0, 0.1) is 0 Å². The van der Waals surface area contributed by atoms with Crippen LogP contribution in [0.3, 0.4) is 0 Å². The summed E-state index contributed by atoms with van der Waals surface area (Å²) >= 11 is 0. The van der Waals surface area contributed by atoms with E-state index in [-0.39, 0.29) is 11.6 Å². The van der Waals surface area contributed by atoms with Gasteiger partial charge >= 0.3 is 0 Å². The van der Waals surface area contributed by atoms with E-state index in [1.165, 1.54) is 25.7 Å². The third kappa shape index (κ3) is 12.9. The number of ether oxygens (including phenoxy) is 4. The van der Waals surface area contributed by atoms with E-state index >= 15 is 0 Å². The molecule has 11 heteroatoms. The van der Waals surface area contributed by atoms with Crippen LogP contribution < -0.4 is 21.3 Å². The minimum Gasteiger partial charge on any atom is -0.385 e. The number of aromatic nitrogens is 1. The highest BCUT2D eigenvalue weighted by Crippen LogP contribution is 2.24. The van der Waals surface area contributed by atoms with Gasteiger partial charge in [0.05, 0.1) is 24.6 Å². The van der Waals surface area contributed by atoms with Crippen molar-refractivity contribution in [2.24, 2.45) is 0 Å². The maximum atomic E-state index is 13.8. The van der Waals surface area contributed by atoms with Gasteiger partial charge in [0.15, 0.2) is 11.6 Å². The van der Waals surface area contributed by atoms with Crippen molar-refractivity contribution in [1.29, 1.82) is 0 Å². The first-order chi connectivity index (χ1) is 23.1. The van der Waals surface area contributed by atoms with Gasteiger partial charge in [-0.2, -0.15) is 0 Å². The van der Waals surface area contributed by atoms with Crippen LogP contribution in [0.1, 0.15) is 116 Å². The van der Waals surface area contributed by atoms with Crippen molar-refractivity contribution in [3.8, 4) is 0 Å². The Bertz CT molecular complexity index is 1070. The number of carbonyl (C=O) groups is 2.